The average Bonchev–Trinajstić information content (AvgIpc) is 3.35. The Kier molecular flexibility index (Phi) is 3.80. The van der Waals surface area contributed by atoms with Crippen molar-refractivity contribution in [3.05, 3.63) is 73.5 Å². The molecular weight excluding hydrogens is 342 g/mol. The van der Waals surface area contributed by atoms with Crippen molar-refractivity contribution in [2.45, 2.75) is 32.2 Å². The quantitative estimate of drug-likeness (QED) is 0.773. The van der Waals surface area contributed by atoms with E-state index >= 15 is 0 Å². The van der Waals surface area contributed by atoms with E-state index in [0.29, 0.717) is 22.3 Å². The van der Waals surface area contributed by atoms with E-state index in [1.807, 2.05) is 12.1 Å². The standard InChI is InChI=1S/C17H16ClN5O2/c1-10-8-22(17(25)20-16(10)24)9-14-19-15(11-2-3-11)21-23(14)13-6-4-12(18)5-7-13/h4-8,11H,2-3,9H2,1H3,(H,20,24,25). The van der Waals surface area contributed by atoms with Crippen molar-refractivity contribution in [2.75, 3.05) is 0 Å². The molecule has 2 aromatic heterocycles. The Labute approximate surface area is 147 Å². The van der Waals surface area contributed by atoms with Gasteiger partial charge in [-0.25, -0.2) is 14.5 Å². The molecule has 25 heavy (non-hydrogen) atoms. The van der Waals surface area contributed by atoms with Gasteiger partial charge in [0.1, 0.15) is 0 Å². The first-order chi connectivity index (χ1) is 12.0. The molecule has 4 rings (SSSR count). The Bertz CT molecular complexity index is 1040. The van der Waals surface area contributed by atoms with Crippen LogP contribution in [0, 0.1) is 6.92 Å². The molecule has 1 N–H and O–H groups in total. The second-order valence-corrected chi connectivity index (χ2v) is 6.68. The number of aryl methyl sites for hydroxylation is 1. The van der Waals surface area contributed by atoms with E-state index in [2.05, 4.69) is 15.1 Å². The van der Waals surface area contributed by atoms with Crippen LogP contribution in [-0.4, -0.2) is 24.3 Å². The molecule has 0 aliphatic heterocycles. The summed E-state index contributed by atoms with van der Waals surface area (Å²) in [6.07, 6.45) is 3.71. The summed E-state index contributed by atoms with van der Waals surface area (Å²) in [5.74, 6) is 1.82. The minimum Gasteiger partial charge on any atom is -0.293 e. The molecular formula is C17H16ClN5O2. The van der Waals surface area contributed by atoms with Crippen LogP contribution in [0.3, 0.4) is 0 Å². The number of nitrogens with zero attached hydrogens (tertiary/aromatic N) is 4. The molecule has 0 atom stereocenters. The largest absolute Gasteiger partial charge is 0.328 e. The zero-order valence-electron chi connectivity index (χ0n) is 13.6. The Morgan fingerprint density at radius 3 is 2.64 bits per heavy atom. The van der Waals surface area contributed by atoms with Gasteiger partial charge in [0.25, 0.3) is 5.56 Å². The Morgan fingerprint density at radius 1 is 1.24 bits per heavy atom. The van der Waals surface area contributed by atoms with Crippen LogP contribution in [0.1, 0.15) is 36.0 Å². The lowest BCUT2D eigenvalue weighted by atomic mass is 10.3. The molecule has 0 amide bonds. The number of H-pyrrole nitrogens is 1. The van der Waals surface area contributed by atoms with E-state index in [1.54, 1.807) is 29.9 Å². The maximum atomic E-state index is 12.1. The molecule has 1 aliphatic rings. The fraction of sp³-hybridized carbons (Fsp3) is 0.294. The van der Waals surface area contributed by atoms with Crippen molar-refractivity contribution in [2.24, 2.45) is 0 Å². The van der Waals surface area contributed by atoms with Gasteiger partial charge in [-0.1, -0.05) is 11.6 Å². The van der Waals surface area contributed by atoms with E-state index in [0.717, 1.165) is 24.4 Å². The third kappa shape index (κ3) is 3.15. The lowest BCUT2D eigenvalue weighted by Crippen LogP contribution is -2.31. The Hall–Kier alpha value is -2.67. The van der Waals surface area contributed by atoms with Gasteiger partial charge in [-0.05, 0) is 44.0 Å². The number of nitrogens with one attached hydrogen (secondary N) is 1. The van der Waals surface area contributed by atoms with Gasteiger partial charge in [-0.2, -0.15) is 5.10 Å². The Morgan fingerprint density at radius 2 is 1.96 bits per heavy atom. The van der Waals surface area contributed by atoms with Crippen molar-refractivity contribution in [1.29, 1.82) is 0 Å². The number of rotatable bonds is 4. The second kappa shape index (κ2) is 6.00. The summed E-state index contributed by atoms with van der Waals surface area (Å²) in [5.41, 5.74) is 0.459. The van der Waals surface area contributed by atoms with Gasteiger partial charge in [-0.3, -0.25) is 14.3 Å². The normalized spacial score (nSPS) is 14.0. The maximum Gasteiger partial charge on any atom is 0.328 e. The van der Waals surface area contributed by atoms with Crippen molar-refractivity contribution < 1.29 is 0 Å². The first-order valence-electron chi connectivity index (χ1n) is 8.03. The van der Waals surface area contributed by atoms with Gasteiger partial charge < -0.3 is 0 Å². The van der Waals surface area contributed by atoms with Crippen LogP contribution in [0.4, 0.5) is 0 Å². The number of aromatic nitrogens is 5. The van der Waals surface area contributed by atoms with Gasteiger partial charge in [0, 0.05) is 22.7 Å². The molecule has 0 saturated heterocycles. The summed E-state index contributed by atoms with van der Waals surface area (Å²) >= 11 is 5.96. The number of hydrogen-bond donors (Lipinski definition) is 1. The highest BCUT2D eigenvalue weighted by molar-refractivity contribution is 6.30. The summed E-state index contributed by atoms with van der Waals surface area (Å²) < 4.78 is 3.17. The molecule has 1 aliphatic carbocycles. The van der Waals surface area contributed by atoms with Gasteiger partial charge >= 0.3 is 5.69 Å². The molecule has 1 aromatic carbocycles. The highest BCUT2D eigenvalue weighted by Crippen LogP contribution is 2.38. The monoisotopic (exact) mass is 357 g/mol. The lowest BCUT2D eigenvalue weighted by Gasteiger charge is -2.08. The summed E-state index contributed by atoms with van der Waals surface area (Å²) in [7, 11) is 0. The van der Waals surface area contributed by atoms with Crippen LogP contribution in [0.25, 0.3) is 5.69 Å². The third-order valence-corrected chi connectivity index (χ3v) is 4.46. The molecule has 7 nitrogen and oxygen atoms in total. The van der Waals surface area contributed by atoms with Crippen LogP contribution in [0.2, 0.25) is 5.02 Å². The van der Waals surface area contributed by atoms with Gasteiger partial charge in [-0.15, -0.1) is 0 Å². The first-order valence-corrected chi connectivity index (χ1v) is 8.41. The van der Waals surface area contributed by atoms with Crippen molar-refractivity contribution in [1.82, 2.24) is 24.3 Å². The SMILES string of the molecule is Cc1cn(Cc2nc(C3CC3)nn2-c2ccc(Cl)cc2)c(=O)[nH]c1=O. The fourth-order valence-corrected chi connectivity index (χ4v) is 2.78. The number of hydrogen-bond acceptors (Lipinski definition) is 4. The first kappa shape index (κ1) is 15.8. The topological polar surface area (TPSA) is 85.6 Å². The van der Waals surface area contributed by atoms with Crippen LogP contribution < -0.4 is 11.2 Å². The van der Waals surface area contributed by atoms with Gasteiger partial charge in [0.15, 0.2) is 11.6 Å². The molecule has 0 bridgehead atoms. The summed E-state index contributed by atoms with van der Waals surface area (Å²) in [6.45, 7) is 1.88. The number of benzene rings is 1. The third-order valence-electron chi connectivity index (χ3n) is 4.20. The van der Waals surface area contributed by atoms with E-state index in [4.69, 9.17) is 11.6 Å². The van der Waals surface area contributed by atoms with Crippen LogP contribution in [0.15, 0.2) is 40.1 Å². The maximum absolute atomic E-state index is 12.1. The highest BCUT2D eigenvalue weighted by Gasteiger charge is 2.29. The molecule has 3 aromatic rings. The van der Waals surface area contributed by atoms with Gasteiger partial charge in [0.2, 0.25) is 0 Å². The molecule has 0 radical (unpaired) electrons. The van der Waals surface area contributed by atoms with Crippen molar-refractivity contribution in [3.63, 3.8) is 0 Å². The molecule has 1 fully saturated rings. The van der Waals surface area contributed by atoms with Gasteiger partial charge in [0.05, 0.1) is 12.2 Å². The average molecular weight is 358 g/mol. The molecule has 2 heterocycles. The van der Waals surface area contributed by atoms with E-state index in [9.17, 15) is 9.59 Å². The molecule has 1 saturated carbocycles. The lowest BCUT2D eigenvalue weighted by molar-refractivity contribution is 0.657. The summed E-state index contributed by atoms with van der Waals surface area (Å²) in [5, 5.41) is 5.25. The molecule has 128 valence electrons. The zero-order valence-corrected chi connectivity index (χ0v) is 14.3. The smallest absolute Gasteiger partial charge is 0.293 e. The predicted octanol–water partition coefficient (Wildman–Crippen LogP) is 2.00. The van der Waals surface area contributed by atoms with Crippen molar-refractivity contribution in [3.8, 4) is 5.69 Å². The van der Waals surface area contributed by atoms with Crippen molar-refractivity contribution >= 4 is 11.6 Å². The Balaban J connectivity index is 1.78. The molecule has 0 unspecified atom stereocenters. The molecule has 0 spiro atoms. The summed E-state index contributed by atoms with van der Waals surface area (Å²) in [6, 6.07) is 7.29. The van der Waals surface area contributed by atoms with E-state index in [1.165, 1.54) is 4.57 Å². The van der Waals surface area contributed by atoms with Crippen LogP contribution in [-0.2, 0) is 6.54 Å². The summed E-state index contributed by atoms with van der Waals surface area (Å²) in [4.78, 5) is 30.6. The molecule has 8 heteroatoms. The number of halogens is 1. The fourth-order valence-electron chi connectivity index (χ4n) is 2.66. The minimum atomic E-state index is -0.464. The predicted molar refractivity (Wildman–Crippen MR) is 93.5 cm³/mol. The number of aromatic amines is 1. The highest BCUT2D eigenvalue weighted by atomic mass is 35.5. The second-order valence-electron chi connectivity index (χ2n) is 6.25. The minimum absolute atomic E-state index is 0.221. The zero-order chi connectivity index (χ0) is 17.6. The van der Waals surface area contributed by atoms with E-state index < -0.39 is 5.69 Å². The van der Waals surface area contributed by atoms with Crippen LogP contribution >= 0.6 is 11.6 Å². The van der Waals surface area contributed by atoms with Crippen LogP contribution in [0.5, 0.6) is 0 Å². The van der Waals surface area contributed by atoms with E-state index in [-0.39, 0.29) is 12.1 Å².